The monoisotopic (exact) mass is 267 g/mol. The van der Waals surface area contributed by atoms with Crippen LogP contribution in [-0.4, -0.2) is 12.6 Å². The summed E-state index contributed by atoms with van der Waals surface area (Å²) in [5.74, 6) is 0. The number of para-hydroxylation sites is 1. The molecule has 1 heterocycles. The van der Waals surface area contributed by atoms with Crippen molar-refractivity contribution in [3.63, 3.8) is 0 Å². The summed E-state index contributed by atoms with van der Waals surface area (Å²) in [5.41, 5.74) is 5.03. The summed E-state index contributed by atoms with van der Waals surface area (Å²) in [5, 5.41) is 9.11. The van der Waals surface area contributed by atoms with Crippen LogP contribution >= 0.6 is 0 Å². The van der Waals surface area contributed by atoms with E-state index in [2.05, 4.69) is 16.0 Å². The Bertz CT molecular complexity index is 652. The summed E-state index contributed by atoms with van der Waals surface area (Å²) in [6, 6.07) is 13.4. The molecule has 0 saturated heterocycles. The second kappa shape index (κ2) is 5.25. The van der Waals surface area contributed by atoms with Crippen LogP contribution in [-0.2, 0) is 6.42 Å². The highest BCUT2D eigenvalue weighted by atomic mass is 16.2. The second-order valence-electron chi connectivity index (χ2n) is 4.90. The number of carbonyl (C=O) groups excluding carboxylic acids is 1. The lowest BCUT2D eigenvalue weighted by molar-refractivity contribution is 0.262. The van der Waals surface area contributed by atoms with E-state index in [1.807, 2.05) is 49.4 Å². The van der Waals surface area contributed by atoms with E-state index >= 15 is 0 Å². The maximum absolute atomic E-state index is 12.1. The van der Waals surface area contributed by atoms with Gasteiger partial charge in [-0.15, -0.1) is 0 Å². The number of anilines is 3. The van der Waals surface area contributed by atoms with Gasteiger partial charge in [-0.05, 0) is 37.1 Å². The van der Waals surface area contributed by atoms with E-state index in [1.54, 1.807) is 0 Å². The molecule has 2 aromatic rings. The van der Waals surface area contributed by atoms with Crippen LogP contribution in [0.3, 0.4) is 0 Å². The molecule has 0 fully saturated rings. The molecule has 3 N–H and O–H groups in total. The zero-order valence-electron chi connectivity index (χ0n) is 11.4. The van der Waals surface area contributed by atoms with Gasteiger partial charge >= 0.3 is 6.03 Å². The maximum Gasteiger partial charge on any atom is 0.323 e. The van der Waals surface area contributed by atoms with Crippen molar-refractivity contribution in [2.24, 2.45) is 0 Å². The number of rotatable bonds is 2. The molecule has 0 atom stereocenters. The van der Waals surface area contributed by atoms with Gasteiger partial charge in [0.05, 0.1) is 0 Å². The average Bonchev–Trinajstić information content (AvgIpc) is 2.91. The highest BCUT2D eigenvalue weighted by molar-refractivity contribution is 6.01. The number of fused-ring (bicyclic) bond motifs is 1. The van der Waals surface area contributed by atoms with Gasteiger partial charge in [0.2, 0.25) is 0 Å². The molecule has 2 aromatic carbocycles. The molecule has 102 valence electrons. The largest absolute Gasteiger partial charge is 0.384 e. The number of benzene rings is 2. The van der Waals surface area contributed by atoms with E-state index in [0.717, 1.165) is 35.6 Å². The second-order valence-corrected chi connectivity index (χ2v) is 4.90. The molecule has 2 amide bonds. The summed E-state index contributed by atoms with van der Waals surface area (Å²) in [7, 11) is 0. The highest BCUT2D eigenvalue weighted by Crippen LogP contribution is 2.29. The number of aryl methyl sites for hydroxylation is 1. The quantitative estimate of drug-likeness (QED) is 0.778. The minimum Gasteiger partial charge on any atom is -0.384 e. The average molecular weight is 267 g/mol. The van der Waals surface area contributed by atoms with E-state index in [-0.39, 0.29) is 6.03 Å². The molecule has 0 unspecified atom stereocenters. The van der Waals surface area contributed by atoms with Gasteiger partial charge in [-0.1, -0.05) is 24.3 Å². The molecule has 0 saturated carbocycles. The third-order valence-electron chi connectivity index (χ3n) is 3.51. The molecule has 4 heteroatoms. The Balaban J connectivity index is 1.74. The van der Waals surface area contributed by atoms with Crippen molar-refractivity contribution in [1.82, 2.24) is 0 Å². The predicted octanol–water partition coefficient (Wildman–Crippen LogP) is 3.61. The first-order valence-corrected chi connectivity index (χ1v) is 6.73. The fourth-order valence-corrected chi connectivity index (χ4v) is 2.45. The van der Waals surface area contributed by atoms with Gasteiger partial charge in [0.25, 0.3) is 0 Å². The van der Waals surface area contributed by atoms with E-state index in [1.165, 1.54) is 5.56 Å². The number of nitrogens with one attached hydrogen (secondary N) is 3. The summed E-state index contributed by atoms with van der Waals surface area (Å²) in [4.78, 5) is 12.1. The molecule has 0 aromatic heterocycles. The van der Waals surface area contributed by atoms with Gasteiger partial charge in [-0.25, -0.2) is 4.79 Å². The molecule has 0 spiro atoms. The fourth-order valence-electron chi connectivity index (χ4n) is 2.45. The summed E-state index contributed by atoms with van der Waals surface area (Å²) in [6.45, 7) is 2.90. The zero-order chi connectivity index (χ0) is 13.9. The Kier molecular flexibility index (Phi) is 3.29. The van der Waals surface area contributed by atoms with Gasteiger partial charge in [-0.3, -0.25) is 0 Å². The van der Waals surface area contributed by atoms with Crippen LogP contribution < -0.4 is 16.0 Å². The SMILES string of the molecule is Cc1ccccc1NC(=O)Nc1cccc2c1CCN2. The van der Waals surface area contributed by atoms with E-state index < -0.39 is 0 Å². The minimum atomic E-state index is -0.209. The lowest BCUT2D eigenvalue weighted by atomic mass is 10.1. The fraction of sp³-hybridized carbons (Fsp3) is 0.188. The van der Waals surface area contributed by atoms with Crippen LogP contribution in [0.5, 0.6) is 0 Å². The van der Waals surface area contributed by atoms with Crippen molar-refractivity contribution in [3.8, 4) is 0 Å². The van der Waals surface area contributed by atoms with Crippen LogP contribution in [0.15, 0.2) is 42.5 Å². The lowest BCUT2D eigenvalue weighted by Crippen LogP contribution is -2.20. The Morgan fingerprint density at radius 2 is 1.80 bits per heavy atom. The van der Waals surface area contributed by atoms with Crippen LogP contribution in [0.25, 0.3) is 0 Å². The molecule has 20 heavy (non-hydrogen) atoms. The minimum absolute atomic E-state index is 0.209. The smallest absolute Gasteiger partial charge is 0.323 e. The highest BCUT2D eigenvalue weighted by Gasteiger charge is 2.15. The van der Waals surface area contributed by atoms with Gasteiger partial charge in [0.1, 0.15) is 0 Å². The topological polar surface area (TPSA) is 53.2 Å². The summed E-state index contributed by atoms with van der Waals surface area (Å²) < 4.78 is 0. The molecular formula is C16H17N3O. The van der Waals surface area contributed by atoms with Crippen LogP contribution in [0.2, 0.25) is 0 Å². The number of urea groups is 1. The first kappa shape index (κ1) is 12.5. The first-order valence-electron chi connectivity index (χ1n) is 6.73. The summed E-state index contributed by atoms with van der Waals surface area (Å²) in [6.07, 6.45) is 0.941. The molecule has 1 aliphatic heterocycles. The van der Waals surface area contributed by atoms with Crippen LogP contribution in [0.4, 0.5) is 21.9 Å². The van der Waals surface area contributed by atoms with E-state index in [9.17, 15) is 4.79 Å². The third kappa shape index (κ3) is 2.45. The molecule has 0 radical (unpaired) electrons. The molecular weight excluding hydrogens is 250 g/mol. The van der Waals surface area contributed by atoms with Gasteiger partial charge in [-0.2, -0.15) is 0 Å². The van der Waals surface area contributed by atoms with Crippen molar-refractivity contribution in [2.45, 2.75) is 13.3 Å². The Labute approximate surface area is 118 Å². The number of hydrogen-bond donors (Lipinski definition) is 3. The van der Waals surface area contributed by atoms with E-state index in [0.29, 0.717) is 0 Å². The van der Waals surface area contributed by atoms with Crippen molar-refractivity contribution in [3.05, 3.63) is 53.6 Å². The van der Waals surface area contributed by atoms with Gasteiger partial charge in [0, 0.05) is 29.2 Å². The van der Waals surface area contributed by atoms with Gasteiger partial charge < -0.3 is 16.0 Å². The van der Waals surface area contributed by atoms with Crippen molar-refractivity contribution < 1.29 is 4.79 Å². The molecule has 1 aliphatic rings. The summed E-state index contributed by atoms with van der Waals surface area (Å²) >= 11 is 0. The van der Waals surface area contributed by atoms with Crippen molar-refractivity contribution in [2.75, 3.05) is 22.5 Å². The molecule has 4 nitrogen and oxygen atoms in total. The Morgan fingerprint density at radius 3 is 2.65 bits per heavy atom. The normalized spacial score (nSPS) is 12.4. The van der Waals surface area contributed by atoms with Crippen molar-refractivity contribution >= 4 is 23.1 Å². The maximum atomic E-state index is 12.1. The molecule has 3 rings (SSSR count). The predicted molar refractivity (Wildman–Crippen MR) is 82.5 cm³/mol. The first-order chi connectivity index (χ1) is 9.74. The van der Waals surface area contributed by atoms with Gasteiger partial charge in [0.15, 0.2) is 0 Å². The standard InChI is InChI=1S/C16H17N3O/c1-11-5-2-3-6-13(11)18-16(20)19-15-8-4-7-14-12(15)9-10-17-14/h2-8,17H,9-10H2,1H3,(H2,18,19,20). The van der Waals surface area contributed by atoms with E-state index in [4.69, 9.17) is 0 Å². The molecule has 0 bridgehead atoms. The van der Waals surface area contributed by atoms with Crippen LogP contribution in [0.1, 0.15) is 11.1 Å². The molecule has 0 aliphatic carbocycles. The number of hydrogen-bond acceptors (Lipinski definition) is 2. The number of amides is 2. The Morgan fingerprint density at radius 1 is 1.05 bits per heavy atom. The Hall–Kier alpha value is -2.49. The third-order valence-corrected chi connectivity index (χ3v) is 3.51. The number of carbonyl (C=O) groups is 1. The lowest BCUT2D eigenvalue weighted by Gasteiger charge is -2.12. The van der Waals surface area contributed by atoms with Crippen LogP contribution in [0, 0.1) is 6.92 Å². The van der Waals surface area contributed by atoms with Crippen molar-refractivity contribution in [1.29, 1.82) is 0 Å². The zero-order valence-corrected chi connectivity index (χ0v) is 11.4.